The van der Waals surface area contributed by atoms with E-state index >= 15 is 0 Å². The molecule has 0 aromatic carbocycles. The zero-order valence-corrected chi connectivity index (χ0v) is 9.88. The first-order valence-corrected chi connectivity index (χ1v) is 6.06. The Morgan fingerprint density at radius 3 is 2.57 bits per heavy atom. The van der Waals surface area contributed by atoms with Crippen molar-refractivity contribution in [3.8, 4) is 0 Å². The summed E-state index contributed by atoms with van der Waals surface area (Å²) in [5.74, 6) is 2.80. The quantitative estimate of drug-likeness (QED) is 0.817. The Hall–Kier alpha value is -0.410. The number of thioether (sulfide) groups is 1. The van der Waals surface area contributed by atoms with E-state index in [1.807, 2.05) is 30.8 Å². The Balaban J connectivity index is 2.57. The van der Waals surface area contributed by atoms with Gasteiger partial charge in [0.2, 0.25) is 0 Å². The van der Waals surface area contributed by atoms with Crippen LogP contribution in [0, 0.1) is 5.92 Å². The molecule has 2 N–H and O–H groups in total. The summed E-state index contributed by atoms with van der Waals surface area (Å²) in [6, 6.07) is 4.05. The molecule has 3 heteroatoms. The lowest BCUT2D eigenvalue weighted by Gasteiger charge is -2.18. The van der Waals surface area contributed by atoms with Gasteiger partial charge in [0.25, 0.3) is 0 Å². The fourth-order valence-electron chi connectivity index (χ4n) is 1.24. The molecule has 1 heterocycles. The molecule has 0 aliphatic heterocycles. The lowest BCUT2D eigenvalue weighted by molar-refractivity contribution is 0.486. The first-order valence-electron chi connectivity index (χ1n) is 5.02. The van der Waals surface area contributed by atoms with E-state index in [0.29, 0.717) is 5.92 Å². The molecule has 0 radical (unpaired) electrons. The topological polar surface area (TPSA) is 39.2 Å². The number of hydrogen-bond acceptors (Lipinski definition) is 3. The molecule has 0 saturated carbocycles. The maximum Gasteiger partial charge on any atom is 0.118 e. The second-order valence-corrected chi connectivity index (χ2v) is 5.20. The van der Waals surface area contributed by atoms with Gasteiger partial charge in [-0.15, -0.1) is 11.8 Å². The fraction of sp³-hybridized carbons (Fsp3) is 0.636. The predicted octanol–water partition coefficient (Wildman–Crippen LogP) is 3.06. The summed E-state index contributed by atoms with van der Waals surface area (Å²) in [4.78, 5) is 0. The van der Waals surface area contributed by atoms with Crippen molar-refractivity contribution in [2.45, 2.75) is 32.1 Å². The Labute approximate surface area is 90.2 Å². The van der Waals surface area contributed by atoms with Gasteiger partial charge in [0.1, 0.15) is 5.76 Å². The first kappa shape index (κ1) is 11.7. The van der Waals surface area contributed by atoms with Crippen molar-refractivity contribution < 1.29 is 4.42 Å². The van der Waals surface area contributed by atoms with Crippen LogP contribution >= 0.6 is 11.8 Å². The van der Waals surface area contributed by atoms with E-state index in [1.54, 1.807) is 6.26 Å². The van der Waals surface area contributed by atoms with E-state index in [9.17, 15) is 0 Å². The summed E-state index contributed by atoms with van der Waals surface area (Å²) in [5.41, 5.74) is 5.93. The smallest absolute Gasteiger partial charge is 0.118 e. The van der Waals surface area contributed by atoms with Crippen molar-refractivity contribution in [1.82, 2.24) is 0 Å². The van der Waals surface area contributed by atoms with E-state index in [1.165, 1.54) is 0 Å². The highest BCUT2D eigenvalue weighted by molar-refractivity contribution is 7.99. The molecule has 0 amide bonds. The molecular weight excluding hydrogens is 194 g/mol. The van der Waals surface area contributed by atoms with Crippen LogP contribution < -0.4 is 5.73 Å². The van der Waals surface area contributed by atoms with E-state index in [2.05, 4.69) is 13.8 Å². The van der Waals surface area contributed by atoms with Crippen molar-refractivity contribution in [1.29, 1.82) is 0 Å². The predicted molar refractivity (Wildman–Crippen MR) is 62.4 cm³/mol. The van der Waals surface area contributed by atoms with Crippen LogP contribution in [0.15, 0.2) is 22.8 Å². The zero-order valence-electron chi connectivity index (χ0n) is 9.07. The first-order chi connectivity index (χ1) is 6.61. The van der Waals surface area contributed by atoms with Crippen LogP contribution in [0.3, 0.4) is 0 Å². The molecule has 2 unspecified atom stereocenters. The van der Waals surface area contributed by atoms with E-state index in [0.717, 1.165) is 11.5 Å². The normalized spacial score (nSPS) is 15.8. The third kappa shape index (κ3) is 3.39. The molecule has 1 aromatic heterocycles. The van der Waals surface area contributed by atoms with E-state index < -0.39 is 0 Å². The molecule has 80 valence electrons. The summed E-state index contributed by atoms with van der Waals surface area (Å²) in [6.07, 6.45) is 1.71. The van der Waals surface area contributed by atoms with Crippen LogP contribution in [0.4, 0.5) is 0 Å². The van der Waals surface area contributed by atoms with Crippen LogP contribution in [0.25, 0.3) is 0 Å². The van der Waals surface area contributed by atoms with Crippen LogP contribution in [-0.2, 0) is 0 Å². The van der Waals surface area contributed by atoms with Crippen molar-refractivity contribution in [3.05, 3.63) is 24.2 Å². The highest BCUT2D eigenvalue weighted by Gasteiger charge is 2.19. The van der Waals surface area contributed by atoms with E-state index in [-0.39, 0.29) is 11.3 Å². The van der Waals surface area contributed by atoms with Gasteiger partial charge < -0.3 is 10.2 Å². The number of furan rings is 1. The molecule has 0 aliphatic carbocycles. The lowest BCUT2D eigenvalue weighted by Crippen LogP contribution is -2.22. The Morgan fingerprint density at radius 1 is 1.43 bits per heavy atom. The number of hydrogen-bond donors (Lipinski definition) is 1. The van der Waals surface area contributed by atoms with Gasteiger partial charge in [-0.1, -0.05) is 13.8 Å². The summed E-state index contributed by atoms with van der Waals surface area (Å²) in [7, 11) is 0. The SMILES string of the molecule is CC(C)CSC(c1ccco1)C(C)N. The molecule has 1 aromatic rings. The Kier molecular flexibility index (Phi) is 4.55. The zero-order chi connectivity index (χ0) is 10.6. The lowest BCUT2D eigenvalue weighted by atomic mass is 10.2. The molecule has 0 saturated heterocycles. The maximum atomic E-state index is 5.93. The van der Waals surface area contributed by atoms with Crippen LogP contribution in [0.2, 0.25) is 0 Å². The minimum absolute atomic E-state index is 0.130. The van der Waals surface area contributed by atoms with Crippen LogP contribution in [-0.4, -0.2) is 11.8 Å². The second-order valence-electron chi connectivity index (χ2n) is 4.02. The highest BCUT2D eigenvalue weighted by atomic mass is 32.2. The monoisotopic (exact) mass is 213 g/mol. The Morgan fingerprint density at radius 2 is 2.14 bits per heavy atom. The minimum atomic E-state index is 0.130. The third-order valence-electron chi connectivity index (χ3n) is 1.91. The van der Waals surface area contributed by atoms with Crippen LogP contribution in [0.1, 0.15) is 31.8 Å². The Bertz CT molecular complexity index is 244. The van der Waals surface area contributed by atoms with E-state index in [4.69, 9.17) is 10.2 Å². The summed E-state index contributed by atoms with van der Waals surface area (Å²) < 4.78 is 5.39. The van der Waals surface area contributed by atoms with Gasteiger partial charge >= 0.3 is 0 Å². The van der Waals surface area contributed by atoms with Gasteiger partial charge in [-0.2, -0.15) is 0 Å². The molecule has 2 nitrogen and oxygen atoms in total. The highest BCUT2D eigenvalue weighted by Crippen LogP contribution is 2.32. The fourth-order valence-corrected chi connectivity index (χ4v) is 2.44. The largest absolute Gasteiger partial charge is 0.468 e. The molecule has 0 bridgehead atoms. The number of rotatable bonds is 5. The van der Waals surface area contributed by atoms with Gasteiger partial charge in [-0.3, -0.25) is 0 Å². The summed E-state index contributed by atoms with van der Waals surface area (Å²) in [6.45, 7) is 6.46. The van der Waals surface area contributed by atoms with Gasteiger partial charge in [0.05, 0.1) is 11.5 Å². The maximum absolute atomic E-state index is 5.93. The van der Waals surface area contributed by atoms with Crippen molar-refractivity contribution in [3.63, 3.8) is 0 Å². The van der Waals surface area contributed by atoms with Gasteiger partial charge in [-0.05, 0) is 30.7 Å². The summed E-state index contributed by atoms with van der Waals surface area (Å²) in [5, 5.41) is 0.285. The van der Waals surface area contributed by atoms with Gasteiger partial charge in [0.15, 0.2) is 0 Å². The van der Waals surface area contributed by atoms with Gasteiger partial charge in [0, 0.05) is 6.04 Å². The molecule has 0 aliphatic rings. The molecule has 0 spiro atoms. The molecule has 14 heavy (non-hydrogen) atoms. The average molecular weight is 213 g/mol. The molecular formula is C11H19NOS. The number of nitrogens with two attached hydrogens (primary N) is 1. The standard InChI is InChI=1S/C11H19NOS/c1-8(2)7-14-11(9(3)12)10-5-4-6-13-10/h4-6,8-9,11H,7,12H2,1-3H3. The van der Waals surface area contributed by atoms with Crippen LogP contribution in [0.5, 0.6) is 0 Å². The summed E-state index contributed by atoms with van der Waals surface area (Å²) >= 11 is 1.88. The van der Waals surface area contributed by atoms with Crippen molar-refractivity contribution in [2.75, 3.05) is 5.75 Å². The minimum Gasteiger partial charge on any atom is -0.468 e. The van der Waals surface area contributed by atoms with Crippen molar-refractivity contribution in [2.24, 2.45) is 11.7 Å². The molecule has 1 rings (SSSR count). The molecule has 2 atom stereocenters. The second kappa shape index (κ2) is 5.47. The average Bonchev–Trinajstić information content (AvgIpc) is 2.56. The van der Waals surface area contributed by atoms with Crippen molar-refractivity contribution >= 4 is 11.8 Å². The third-order valence-corrected chi connectivity index (χ3v) is 3.79. The molecule has 0 fully saturated rings. The van der Waals surface area contributed by atoms with Gasteiger partial charge in [-0.25, -0.2) is 0 Å².